The number of rotatable bonds is 1. The molecule has 0 aliphatic heterocycles. The number of fused-ring (bicyclic) bond motifs is 1. The molecule has 14 heavy (non-hydrogen) atoms. The highest BCUT2D eigenvalue weighted by atomic mass is 16.5. The zero-order valence-corrected chi connectivity index (χ0v) is 7.87. The van der Waals surface area contributed by atoms with Gasteiger partial charge in [-0.15, -0.1) is 0 Å². The standard InChI is InChI=1S/C8H8BN3O2/c1-14-8(13)5-4(9)2-10-7-6(5)11-3-12-7/h2-3H,9H2,1H3,(H,10,11,12). The summed E-state index contributed by atoms with van der Waals surface area (Å²) in [6, 6.07) is 0. The summed E-state index contributed by atoms with van der Waals surface area (Å²) in [5, 5.41) is 0. The summed E-state index contributed by atoms with van der Waals surface area (Å²) in [6.45, 7) is 0. The largest absolute Gasteiger partial charge is 0.465 e. The molecule has 0 aromatic carbocycles. The van der Waals surface area contributed by atoms with Crippen LogP contribution in [0.2, 0.25) is 0 Å². The topological polar surface area (TPSA) is 67.9 Å². The second-order valence-corrected chi connectivity index (χ2v) is 2.91. The molecule has 1 N–H and O–H groups in total. The molecule has 0 aliphatic rings. The lowest BCUT2D eigenvalue weighted by molar-refractivity contribution is 0.0604. The molecule has 2 rings (SSSR count). The number of imidazole rings is 1. The second kappa shape index (κ2) is 3.14. The molecule has 5 nitrogen and oxygen atoms in total. The Morgan fingerprint density at radius 3 is 3.07 bits per heavy atom. The van der Waals surface area contributed by atoms with Gasteiger partial charge in [0.2, 0.25) is 0 Å². The van der Waals surface area contributed by atoms with Gasteiger partial charge in [0.1, 0.15) is 13.4 Å². The molecule has 0 aliphatic carbocycles. The molecule has 6 heteroatoms. The number of nitrogens with one attached hydrogen (secondary N) is 1. The predicted molar refractivity (Wildman–Crippen MR) is 53.4 cm³/mol. The normalized spacial score (nSPS) is 10.4. The number of hydrogen-bond donors (Lipinski definition) is 1. The Labute approximate surface area is 80.9 Å². The third-order valence-corrected chi connectivity index (χ3v) is 2.03. The molecule has 2 aromatic heterocycles. The fourth-order valence-electron chi connectivity index (χ4n) is 1.34. The van der Waals surface area contributed by atoms with Crippen molar-refractivity contribution in [2.75, 3.05) is 7.11 Å². The molecule has 0 saturated carbocycles. The lowest BCUT2D eigenvalue weighted by atomic mass is 9.92. The van der Waals surface area contributed by atoms with Crippen LogP contribution in [0.4, 0.5) is 0 Å². The Kier molecular flexibility index (Phi) is 1.96. The van der Waals surface area contributed by atoms with Crippen LogP contribution in [0.3, 0.4) is 0 Å². The first-order valence-corrected chi connectivity index (χ1v) is 4.11. The van der Waals surface area contributed by atoms with E-state index in [1.54, 1.807) is 14.0 Å². The fraction of sp³-hybridized carbons (Fsp3) is 0.125. The number of aromatic nitrogens is 3. The van der Waals surface area contributed by atoms with E-state index in [4.69, 9.17) is 0 Å². The van der Waals surface area contributed by atoms with Crippen LogP contribution in [0.1, 0.15) is 10.4 Å². The number of carbonyl (C=O) groups is 1. The highest BCUT2D eigenvalue weighted by molar-refractivity contribution is 6.37. The Hall–Kier alpha value is -1.85. The van der Waals surface area contributed by atoms with E-state index in [0.29, 0.717) is 16.7 Å². The molecule has 0 saturated heterocycles. The SMILES string of the molecule is Bc1cnc2[nH]cnc2c1C(=O)OC. The predicted octanol–water partition coefficient (Wildman–Crippen LogP) is -0.997. The first kappa shape index (κ1) is 8.74. The van der Waals surface area contributed by atoms with E-state index in [-0.39, 0.29) is 5.97 Å². The monoisotopic (exact) mass is 189 g/mol. The molecule has 0 amide bonds. The van der Waals surface area contributed by atoms with Crippen molar-refractivity contribution in [1.29, 1.82) is 0 Å². The average molecular weight is 189 g/mol. The molecule has 70 valence electrons. The molecule has 2 heterocycles. The van der Waals surface area contributed by atoms with Crippen LogP contribution >= 0.6 is 0 Å². The maximum absolute atomic E-state index is 11.4. The molecule has 0 radical (unpaired) electrons. The first-order chi connectivity index (χ1) is 6.74. The van der Waals surface area contributed by atoms with Crippen molar-refractivity contribution in [3.63, 3.8) is 0 Å². The van der Waals surface area contributed by atoms with Crippen molar-refractivity contribution in [3.05, 3.63) is 18.1 Å². The minimum atomic E-state index is -0.387. The van der Waals surface area contributed by atoms with Gasteiger partial charge in [0.15, 0.2) is 5.65 Å². The summed E-state index contributed by atoms with van der Waals surface area (Å²) in [7, 11) is 3.15. The lowest BCUT2D eigenvalue weighted by Gasteiger charge is -2.03. The summed E-state index contributed by atoms with van der Waals surface area (Å²) in [5.41, 5.74) is 2.38. The first-order valence-electron chi connectivity index (χ1n) is 4.11. The van der Waals surface area contributed by atoms with E-state index in [0.717, 1.165) is 5.46 Å². The number of aromatic amines is 1. The van der Waals surface area contributed by atoms with Gasteiger partial charge in [0.05, 0.1) is 19.0 Å². The second-order valence-electron chi connectivity index (χ2n) is 2.91. The minimum Gasteiger partial charge on any atom is -0.465 e. The van der Waals surface area contributed by atoms with Crippen LogP contribution in [0.15, 0.2) is 12.5 Å². The number of pyridine rings is 1. The third-order valence-electron chi connectivity index (χ3n) is 2.03. The smallest absolute Gasteiger partial charge is 0.339 e. The summed E-state index contributed by atoms with van der Waals surface area (Å²) in [5.74, 6) is -0.387. The molecular weight excluding hydrogens is 181 g/mol. The Balaban J connectivity index is 2.76. The van der Waals surface area contributed by atoms with E-state index in [1.807, 2.05) is 0 Å². The van der Waals surface area contributed by atoms with Gasteiger partial charge >= 0.3 is 5.97 Å². The lowest BCUT2D eigenvalue weighted by Crippen LogP contribution is -2.18. The van der Waals surface area contributed by atoms with E-state index in [1.165, 1.54) is 13.4 Å². The van der Waals surface area contributed by atoms with Crippen molar-refractivity contribution in [3.8, 4) is 0 Å². The number of ether oxygens (including phenoxy) is 1. The average Bonchev–Trinajstić information content (AvgIpc) is 2.64. The van der Waals surface area contributed by atoms with Crippen molar-refractivity contribution in [2.24, 2.45) is 0 Å². The van der Waals surface area contributed by atoms with Crippen LogP contribution in [0.5, 0.6) is 0 Å². The number of H-pyrrole nitrogens is 1. The summed E-state index contributed by atoms with van der Waals surface area (Å²) in [4.78, 5) is 22.4. The van der Waals surface area contributed by atoms with Crippen molar-refractivity contribution < 1.29 is 9.53 Å². The van der Waals surface area contributed by atoms with Gasteiger partial charge in [-0.05, 0) is 0 Å². The highest BCUT2D eigenvalue weighted by Gasteiger charge is 2.15. The van der Waals surface area contributed by atoms with Crippen LogP contribution < -0.4 is 5.46 Å². The van der Waals surface area contributed by atoms with Crippen molar-refractivity contribution in [1.82, 2.24) is 15.0 Å². The number of carbonyl (C=O) groups excluding carboxylic acids is 1. The minimum absolute atomic E-state index is 0.387. The van der Waals surface area contributed by atoms with Crippen molar-refractivity contribution in [2.45, 2.75) is 0 Å². The van der Waals surface area contributed by atoms with Gasteiger partial charge < -0.3 is 9.72 Å². The van der Waals surface area contributed by atoms with Gasteiger partial charge in [0.25, 0.3) is 0 Å². The molecule has 0 unspecified atom stereocenters. The molecular formula is C8H8BN3O2. The summed E-state index contributed by atoms with van der Waals surface area (Å²) < 4.78 is 4.67. The maximum Gasteiger partial charge on any atom is 0.339 e. The quantitative estimate of drug-likeness (QED) is 0.461. The number of hydrogen-bond acceptors (Lipinski definition) is 4. The van der Waals surface area contributed by atoms with Crippen molar-refractivity contribution >= 4 is 30.4 Å². The van der Waals surface area contributed by atoms with Gasteiger partial charge in [-0.1, -0.05) is 5.46 Å². The summed E-state index contributed by atoms with van der Waals surface area (Å²) in [6.07, 6.45) is 3.12. The zero-order chi connectivity index (χ0) is 10.1. The van der Waals surface area contributed by atoms with E-state index >= 15 is 0 Å². The molecule has 0 bridgehead atoms. The number of methoxy groups -OCH3 is 1. The van der Waals surface area contributed by atoms with Gasteiger partial charge in [-0.25, -0.2) is 14.8 Å². The number of esters is 1. The zero-order valence-electron chi connectivity index (χ0n) is 7.87. The van der Waals surface area contributed by atoms with E-state index in [9.17, 15) is 4.79 Å². The highest BCUT2D eigenvalue weighted by Crippen LogP contribution is 2.10. The Bertz CT molecular complexity index is 494. The fourth-order valence-corrected chi connectivity index (χ4v) is 1.34. The molecule has 0 spiro atoms. The van der Waals surface area contributed by atoms with Crippen LogP contribution in [-0.4, -0.2) is 35.9 Å². The van der Waals surface area contributed by atoms with Crippen LogP contribution in [0.25, 0.3) is 11.2 Å². The maximum atomic E-state index is 11.4. The van der Waals surface area contributed by atoms with E-state index in [2.05, 4.69) is 19.7 Å². The number of nitrogens with zero attached hydrogens (tertiary/aromatic N) is 2. The van der Waals surface area contributed by atoms with Crippen LogP contribution in [-0.2, 0) is 4.74 Å². The molecule has 2 aromatic rings. The van der Waals surface area contributed by atoms with Gasteiger partial charge in [0, 0.05) is 6.20 Å². The van der Waals surface area contributed by atoms with Gasteiger partial charge in [-0.3, -0.25) is 0 Å². The molecule has 0 fully saturated rings. The third kappa shape index (κ3) is 1.15. The Morgan fingerprint density at radius 2 is 2.36 bits per heavy atom. The van der Waals surface area contributed by atoms with Gasteiger partial charge in [-0.2, -0.15) is 0 Å². The molecule has 0 atom stereocenters. The Morgan fingerprint density at radius 1 is 1.57 bits per heavy atom. The summed E-state index contributed by atoms with van der Waals surface area (Å²) >= 11 is 0. The van der Waals surface area contributed by atoms with Crippen LogP contribution in [0, 0.1) is 0 Å². The van der Waals surface area contributed by atoms with E-state index < -0.39 is 0 Å².